The number of aromatic hydroxyl groups is 1. The van der Waals surface area contributed by atoms with Gasteiger partial charge in [0.25, 0.3) is 11.8 Å². The van der Waals surface area contributed by atoms with Gasteiger partial charge in [0.05, 0.1) is 18.9 Å². The highest BCUT2D eigenvalue weighted by molar-refractivity contribution is 5.99. The number of hydrogen-bond donors (Lipinski definition) is 3. The first kappa shape index (κ1) is 16.0. The van der Waals surface area contributed by atoms with Gasteiger partial charge in [0.2, 0.25) is 0 Å². The lowest BCUT2D eigenvalue weighted by Gasteiger charge is -2.08. The van der Waals surface area contributed by atoms with Crippen LogP contribution >= 0.6 is 0 Å². The summed E-state index contributed by atoms with van der Waals surface area (Å²) in [7, 11) is 1.42. The molecule has 0 saturated heterocycles. The second-order valence-corrected chi connectivity index (χ2v) is 4.44. The van der Waals surface area contributed by atoms with Crippen molar-refractivity contribution in [3.8, 4) is 11.5 Å². The Balaban J connectivity index is 1.91. The van der Waals surface area contributed by atoms with E-state index in [-0.39, 0.29) is 11.3 Å². The molecule has 23 heavy (non-hydrogen) atoms. The Morgan fingerprint density at radius 2 is 1.91 bits per heavy atom. The van der Waals surface area contributed by atoms with E-state index in [0.717, 1.165) is 5.56 Å². The molecule has 0 aliphatic carbocycles. The van der Waals surface area contributed by atoms with Crippen molar-refractivity contribution in [2.24, 2.45) is 0 Å². The Morgan fingerprint density at radius 3 is 2.61 bits per heavy atom. The third-order valence-corrected chi connectivity index (χ3v) is 2.87. The third-order valence-electron chi connectivity index (χ3n) is 2.87. The number of phenolic OH excluding ortho intramolecular Hbond substituents is 1. The summed E-state index contributed by atoms with van der Waals surface area (Å²) in [5, 5.41) is 9.16. The van der Waals surface area contributed by atoms with Crippen LogP contribution in [0.3, 0.4) is 0 Å². The molecule has 2 rings (SSSR count). The number of amides is 2. The standard InChI is InChI=1S/C16H15N3O4/c1-23-14-10-17-9-8-13(14)16(22)19-18-15(21)7-4-11-2-5-12(20)6-3-11/h2-10,20H,1H3,(H,18,21)(H,19,22)/b7-4+. The lowest BCUT2D eigenvalue weighted by molar-refractivity contribution is -0.117. The van der Waals surface area contributed by atoms with Crippen LogP contribution in [-0.2, 0) is 4.79 Å². The molecule has 1 aromatic carbocycles. The summed E-state index contributed by atoms with van der Waals surface area (Å²) in [6.45, 7) is 0. The van der Waals surface area contributed by atoms with Gasteiger partial charge in [-0.3, -0.25) is 25.4 Å². The van der Waals surface area contributed by atoms with Gasteiger partial charge in [0.15, 0.2) is 0 Å². The van der Waals surface area contributed by atoms with Crippen LogP contribution in [0.4, 0.5) is 0 Å². The van der Waals surface area contributed by atoms with Crippen LogP contribution in [0.15, 0.2) is 48.8 Å². The Kier molecular flexibility index (Phi) is 5.30. The molecular formula is C16H15N3O4. The second kappa shape index (κ2) is 7.60. The zero-order valence-corrected chi connectivity index (χ0v) is 12.3. The molecule has 0 atom stereocenters. The van der Waals surface area contributed by atoms with Gasteiger partial charge in [-0.05, 0) is 29.8 Å². The van der Waals surface area contributed by atoms with E-state index in [2.05, 4.69) is 15.8 Å². The first-order chi connectivity index (χ1) is 11.1. The fraction of sp³-hybridized carbons (Fsp3) is 0.0625. The Labute approximate surface area is 132 Å². The molecule has 118 valence electrons. The average Bonchev–Trinajstić information content (AvgIpc) is 2.59. The van der Waals surface area contributed by atoms with Gasteiger partial charge >= 0.3 is 0 Å². The molecular weight excluding hydrogens is 298 g/mol. The number of nitrogens with one attached hydrogen (secondary N) is 2. The van der Waals surface area contributed by atoms with Crippen molar-refractivity contribution in [3.05, 3.63) is 59.9 Å². The van der Waals surface area contributed by atoms with Crippen LogP contribution in [-0.4, -0.2) is 29.0 Å². The number of rotatable bonds is 4. The summed E-state index contributed by atoms with van der Waals surface area (Å²) in [5.74, 6) is -0.570. The van der Waals surface area contributed by atoms with Crippen LogP contribution in [0.1, 0.15) is 15.9 Å². The van der Waals surface area contributed by atoms with Gasteiger partial charge in [0.1, 0.15) is 11.5 Å². The highest BCUT2D eigenvalue weighted by Gasteiger charge is 2.11. The van der Waals surface area contributed by atoms with Gasteiger partial charge in [-0.15, -0.1) is 0 Å². The fourth-order valence-corrected chi connectivity index (χ4v) is 1.71. The van der Waals surface area contributed by atoms with Gasteiger partial charge in [-0.1, -0.05) is 12.1 Å². The SMILES string of the molecule is COc1cnccc1C(=O)NNC(=O)/C=C/c1ccc(O)cc1. The summed E-state index contributed by atoms with van der Waals surface area (Å²) < 4.78 is 5.02. The van der Waals surface area contributed by atoms with Crippen LogP contribution in [0, 0.1) is 0 Å². The molecule has 0 spiro atoms. The van der Waals surface area contributed by atoms with Crippen LogP contribution < -0.4 is 15.6 Å². The first-order valence-electron chi connectivity index (χ1n) is 6.65. The highest BCUT2D eigenvalue weighted by Crippen LogP contribution is 2.14. The van der Waals surface area contributed by atoms with E-state index in [0.29, 0.717) is 5.75 Å². The number of benzene rings is 1. The molecule has 0 unspecified atom stereocenters. The monoisotopic (exact) mass is 313 g/mol. The molecule has 0 saturated carbocycles. The normalized spacial score (nSPS) is 10.3. The summed E-state index contributed by atoms with van der Waals surface area (Å²) in [5.41, 5.74) is 5.54. The van der Waals surface area contributed by atoms with Crippen molar-refractivity contribution >= 4 is 17.9 Å². The van der Waals surface area contributed by atoms with Crippen molar-refractivity contribution in [1.29, 1.82) is 0 Å². The zero-order valence-electron chi connectivity index (χ0n) is 12.3. The summed E-state index contributed by atoms with van der Waals surface area (Å²) in [4.78, 5) is 27.5. The van der Waals surface area contributed by atoms with Crippen molar-refractivity contribution in [2.45, 2.75) is 0 Å². The number of carbonyl (C=O) groups is 2. The van der Waals surface area contributed by atoms with Crippen molar-refractivity contribution in [3.63, 3.8) is 0 Å². The maximum atomic E-state index is 12.0. The molecule has 7 heteroatoms. The van der Waals surface area contributed by atoms with E-state index in [1.54, 1.807) is 18.2 Å². The predicted molar refractivity (Wildman–Crippen MR) is 83.5 cm³/mol. The Morgan fingerprint density at radius 1 is 1.17 bits per heavy atom. The molecule has 0 aliphatic rings. The molecule has 3 N–H and O–H groups in total. The number of hydrazine groups is 1. The molecule has 1 aromatic heterocycles. The maximum Gasteiger partial charge on any atom is 0.273 e. The van der Waals surface area contributed by atoms with E-state index in [1.165, 1.54) is 43.8 Å². The zero-order chi connectivity index (χ0) is 16.7. The number of phenols is 1. The Bertz CT molecular complexity index is 726. The molecule has 0 radical (unpaired) electrons. The number of aromatic nitrogens is 1. The molecule has 0 bridgehead atoms. The number of hydrogen-bond acceptors (Lipinski definition) is 5. The lowest BCUT2D eigenvalue weighted by Crippen LogP contribution is -2.40. The number of nitrogens with zero attached hydrogens (tertiary/aromatic N) is 1. The minimum atomic E-state index is -0.518. The topological polar surface area (TPSA) is 101 Å². The Hall–Kier alpha value is -3.35. The van der Waals surface area contributed by atoms with E-state index in [1.807, 2.05) is 0 Å². The third kappa shape index (κ3) is 4.57. The van der Waals surface area contributed by atoms with Crippen LogP contribution in [0.5, 0.6) is 11.5 Å². The van der Waals surface area contributed by atoms with Crippen molar-refractivity contribution in [1.82, 2.24) is 15.8 Å². The summed E-state index contributed by atoms with van der Waals surface area (Å²) in [6.07, 6.45) is 5.66. The predicted octanol–water partition coefficient (Wildman–Crippen LogP) is 1.27. The molecule has 1 heterocycles. The van der Waals surface area contributed by atoms with Crippen molar-refractivity contribution < 1.29 is 19.4 Å². The van der Waals surface area contributed by atoms with Crippen molar-refractivity contribution in [2.75, 3.05) is 7.11 Å². The van der Waals surface area contributed by atoms with Crippen LogP contribution in [0.2, 0.25) is 0 Å². The van der Waals surface area contributed by atoms with E-state index < -0.39 is 11.8 Å². The fourth-order valence-electron chi connectivity index (χ4n) is 1.71. The van der Waals surface area contributed by atoms with Crippen LogP contribution in [0.25, 0.3) is 6.08 Å². The summed E-state index contributed by atoms with van der Waals surface area (Å²) in [6, 6.07) is 7.80. The molecule has 0 fully saturated rings. The average molecular weight is 313 g/mol. The molecule has 2 aromatic rings. The molecule has 2 amide bonds. The lowest BCUT2D eigenvalue weighted by atomic mass is 10.2. The number of methoxy groups -OCH3 is 1. The van der Waals surface area contributed by atoms with Gasteiger partial charge in [0, 0.05) is 12.3 Å². The van der Waals surface area contributed by atoms with Gasteiger partial charge in [-0.2, -0.15) is 0 Å². The summed E-state index contributed by atoms with van der Waals surface area (Å²) >= 11 is 0. The van der Waals surface area contributed by atoms with Gasteiger partial charge in [-0.25, -0.2) is 0 Å². The quantitative estimate of drug-likeness (QED) is 0.583. The van der Waals surface area contributed by atoms with E-state index in [4.69, 9.17) is 9.84 Å². The maximum absolute atomic E-state index is 12.0. The molecule has 7 nitrogen and oxygen atoms in total. The first-order valence-corrected chi connectivity index (χ1v) is 6.65. The van der Waals surface area contributed by atoms with E-state index >= 15 is 0 Å². The minimum absolute atomic E-state index is 0.144. The van der Waals surface area contributed by atoms with E-state index in [9.17, 15) is 9.59 Å². The molecule has 0 aliphatic heterocycles. The number of ether oxygens (including phenoxy) is 1. The van der Waals surface area contributed by atoms with Gasteiger partial charge < -0.3 is 9.84 Å². The largest absolute Gasteiger partial charge is 0.508 e. The minimum Gasteiger partial charge on any atom is -0.508 e. The second-order valence-electron chi connectivity index (χ2n) is 4.44. The smallest absolute Gasteiger partial charge is 0.273 e. The number of pyridine rings is 1. The highest BCUT2D eigenvalue weighted by atomic mass is 16.5. The number of carbonyl (C=O) groups excluding carboxylic acids is 2.